The van der Waals surface area contributed by atoms with Gasteiger partial charge in [0.15, 0.2) is 0 Å². The molecule has 0 aromatic heterocycles. The number of amides is 2. The molecular weight excluding hydrogens is 602 g/mol. The third-order valence-electron chi connectivity index (χ3n) is 7.96. The lowest BCUT2D eigenvalue weighted by Gasteiger charge is -2.33. The molecule has 1 saturated carbocycles. The molecule has 0 aliphatic heterocycles. The van der Waals surface area contributed by atoms with Crippen molar-refractivity contribution in [1.82, 2.24) is 10.2 Å². The van der Waals surface area contributed by atoms with Crippen LogP contribution in [0.4, 0.5) is 5.69 Å². The van der Waals surface area contributed by atoms with Crippen LogP contribution in [0.2, 0.25) is 5.02 Å². The molecule has 0 bridgehead atoms. The zero-order valence-electron chi connectivity index (χ0n) is 25.6. The molecule has 0 unspecified atom stereocenters. The Morgan fingerprint density at radius 2 is 1.66 bits per heavy atom. The second-order valence-electron chi connectivity index (χ2n) is 11.0. The fraction of sp³-hybridized carbons (Fsp3) is 0.394. The summed E-state index contributed by atoms with van der Waals surface area (Å²) in [5, 5.41) is 3.53. The van der Waals surface area contributed by atoms with Gasteiger partial charge in [0.1, 0.15) is 24.1 Å². The summed E-state index contributed by atoms with van der Waals surface area (Å²) >= 11 is 6.48. The van der Waals surface area contributed by atoms with Crippen molar-refractivity contribution < 1.29 is 27.5 Å². The van der Waals surface area contributed by atoms with Crippen LogP contribution < -0.4 is 19.1 Å². The zero-order chi connectivity index (χ0) is 31.9. The quantitative estimate of drug-likeness (QED) is 0.271. The molecule has 11 heteroatoms. The van der Waals surface area contributed by atoms with Crippen molar-refractivity contribution in [2.75, 3.05) is 25.1 Å². The Hall–Kier alpha value is -3.76. The summed E-state index contributed by atoms with van der Waals surface area (Å²) in [6, 6.07) is 17.3. The van der Waals surface area contributed by atoms with E-state index in [0.29, 0.717) is 16.3 Å². The summed E-state index contributed by atoms with van der Waals surface area (Å²) in [4.78, 5) is 29.2. The van der Waals surface area contributed by atoms with Crippen molar-refractivity contribution in [2.45, 2.75) is 69.5 Å². The minimum absolute atomic E-state index is 0.00140. The topological polar surface area (TPSA) is 105 Å². The van der Waals surface area contributed by atoms with E-state index in [-0.39, 0.29) is 34.8 Å². The number of benzene rings is 3. The number of sulfonamides is 1. The molecule has 3 aromatic rings. The van der Waals surface area contributed by atoms with Gasteiger partial charge in [0.25, 0.3) is 10.0 Å². The number of hydrogen-bond donors (Lipinski definition) is 1. The highest BCUT2D eigenvalue weighted by Crippen LogP contribution is 2.36. The standard InChI is InChI=1S/C33H40ClN3O6S/c1-23-14-17-28(18-15-23)44(40,41)37(30-20-27(42-3)16-19-31(30)43-4)22-32(38)36(21-25-10-8-9-13-29(25)34)24(2)33(39)35-26-11-6-5-7-12-26/h8-10,13-20,24,26H,5-7,11-12,21-22H2,1-4H3,(H,35,39)/t24-/m1/s1. The third-order valence-corrected chi connectivity index (χ3v) is 10.1. The highest BCUT2D eigenvalue weighted by Gasteiger charge is 2.35. The highest BCUT2D eigenvalue weighted by atomic mass is 35.5. The van der Waals surface area contributed by atoms with E-state index in [4.69, 9.17) is 21.1 Å². The molecule has 2 amide bonds. The van der Waals surface area contributed by atoms with Crippen molar-refractivity contribution in [3.8, 4) is 11.5 Å². The molecule has 1 fully saturated rings. The molecule has 0 saturated heterocycles. The molecule has 44 heavy (non-hydrogen) atoms. The van der Waals surface area contributed by atoms with Gasteiger partial charge >= 0.3 is 0 Å². The molecule has 0 heterocycles. The van der Waals surface area contributed by atoms with Crippen molar-refractivity contribution >= 4 is 39.1 Å². The Morgan fingerprint density at radius 3 is 2.30 bits per heavy atom. The Balaban J connectivity index is 1.75. The summed E-state index contributed by atoms with van der Waals surface area (Å²) < 4.78 is 40.3. The number of halogens is 1. The zero-order valence-corrected chi connectivity index (χ0v) is 27.2. The van der Waals surface area contributed by atoms with Crippen LogP contribution >= 0.6 is 11.6 Å². The number of methoxy groups -OCH3 is 2. The van der Waals surface area contributed by atoms with E-state index in [2.05, 4.69) is 5.32 Å². The highest BCUT2D eigenvalue weighted by molar-refractivity contribution is 7.92. The van der Waals surface area contributed by atoms with Gasteiger partial charge in [0.05, 0.1) is 24.8 Å². The first kappa shape index (κ1) is 33.1. The van der Waals surface area contributed by atoms with Crippen molar-refractivity contribution in [2.24, 2.45) is 0 Å². The number of nitrogens with zero attached hydrogens (tertiary/aromatic N) is 2. The van der Waals surface area contributed by atoms with Crippen LogP contribution in [0.1, 0.15) is 50.2 Å². The van der Waals surface area contributed by atoms with Gasteiger partial charge < -0.3 is 19.7 Å². The van der Waals surface area contributed by atoms with E-state index >= 15 is 0 Å². The predicted octanol–water partition coefficient (Wildman–Crippen LogP) is 5.73. The number of carbonyl (C=O) groups is 2. The normalized spacial score (nSPS) is 14.4. The number of hydrogen-bond acceptors (Lipinski definition) is 6. The van der Waals surface area contributed by atoms with Gasteiger partial charge in [-0.2, -0.15) is 0 Å². The molecule has 0 spiro atoms. The Labute approximate surface area is 265 Å². The number of carbonyl (C=O) groups excluding carboxylic acids is 2. The van der Waals surface area contributed by atoms with Crippen LogP contribution in [-0.2, 0) is 26.2 Å². The molecule has 1 N–H and O–H groups in total. The summed E-state index contributed by atoms with van der Waals surface area (Å²) in [6.07, 6.45) is 4.98. The third kappa shape index (κ3) is 7.84. The fourth-order valence-electron chi connectivity index (χ4n) is 5.30. The van der Waals surface area contributed by atoms with Crippen LogP contribution in [0, 0.1) is 6.92 Å². The van der Waals surface area contributed by atoms with E-state index in [0.717, 1.165) is 42.0 Å². The second-order valence-corrected chi connectivity index (χ2v) is 13.3. The first-order valence-electron chi connectivity index (χ1n) is 14.7. The first-order chi connectivity index (χ1) is 21.0. The van der Waals surface area contributed by atoms with Crippen LogP contribution in [0.3, 0.4) is 0 Å². The molecule has 4 rings (SSSR count). The van der Waals surface area contributed by atoms with Gasteiger partial charge in [-0.1, -0.05) is 66.8 Å². The van der Waals surface area contributed by atoms with Crippen LogP contribution in [-0.4, -0.2) is 58.0 Å². The number of aryl methyl sites for hydroxylation is 1. The Bertz CT molecular complexity index is 1560. The summed E-state index contributed by atoms with van der Waals surface area (Å²) in [5.41, 5.74) is 1.64. The summed E-state index contributed by atoms with van der Waals surface area (Å²) in [7, 11) is -1.40. The second kappa shape index (κ2) is 14.8. The summed E-state index contributed by atoms with van der Waals surface area (Å²) in [6.45, 7) is 2.91. The average molecular weight is 642 g/mol. The molecule has 3 aromatic carbocycles. The first-order valence-corrected chi connectivity index (χ1v) is 16.5. The van der Waals surface area contributed by atoms with E-state index in [1.54, 1.807) is 55.5 Å². The lowest BCUT2D eigenvalue weighted by atomic mass is 9.95. The number of anilines is 1. The van der Waals surface area contributed by atoms with Crippen LogP contribution in [0.15, 0.2) is 71.6 Å². The molecule has 9 nitrogen and oxygen atoms in total. The van der Waals surface area contributed by atoms with Gasteiger partial charge in [-0.3, -0.25) is 13.9 Å². The van der Waals surface area contributed by atoms with Crippen LogP contribution in [0.5, 0.6) is 11.5 Å². The van der Waals surface area contributed by atoms with E-state index in [1.165, 1.54) is 37.3 Å². The maximum Gasteiger partial charge on any atom is 0.264 e. The van der Waals surface area contributed by atoms with Crippen molar-refractivity contribution in [3.05, 3.63) is 82.9 Å². The Kier molecular flexibility index (Phi) is 11.2. The summed E-state index contributed by atoms with van der Waals surface area (Å²) in [5.74, 6) is -0.276. The smallest absolute Gasteiger partial charge is 0.264 e. The predicted molar refractivity (Wildman–Crippen MR) is 172 cm³/mol. The maximum absolute atomic E-state index is 14.3. The van der Waals surface area contributed by atoms with Gasteiger partial charge in [-0.25, -0.2) is 8.42 Å². The van der Waals surface area contributed by atoms with E-state index < -0.39 is 28.5 Å². The molecule has 1 aliphatic rings. The van der Waals surface area contributed by atoms with Gasteiger partial charge in [0, 0.05) is 23.7 Å². The van der Waals surface area contributed by atoms with Gasteiger partial charge in [-0.05, 0) is 62.6 Å². The van der Waals surface area contributed by atoms with Crippen LogP contribution in [0.25, 0.3) is 0 Å². The van der Waals surface area contributed by atoms with Gasteiger partial charge in [0.2, 0.25) is 11.8 Å². The lowest BCUT2D eigenvalue weighted by molar-refractivity contribution is -0.139. The number of nitrogens with one attached hydrogen (secondary N) is 1. The minimum atomic E-state index is -4.28. The largest absolute Gasteiger partial charge is 0.497 e. The van der Waals surface area contributed by atoms with Crippen molar-refractivity contribution in [1.29, 1.82) is 0 Å². The van der Waals surface area contributed by atoms with Gasteiger partial charge in [-0.15, -0.1) is 0 Å². The monoisotopic (exact) mass is 641 g/mol. The molecular formula is C33H40ClN3O6S. The molecule has 1 aliphatic carbocycles. The Morgan fingerprint density at radius 1 is 0.977 bits per heavy atom. The molecule has 1 atom stereocenters. The van der Waals surface area contributed by atoms with E-state index in [9.17, 15) is 18.0 Å². The number of rotatable bonds is 12. The molecule has 0 radical (unpaired) electrons. The SMILES string of the molecule is COc1ccc(OC)c(N(CC(=O)N(Cc2ccccc2Cl)[C@H](C)C(=O)NC2CCCCC2)S(=O)(=O)c2ccc(C)cc2)c1. The average Bonchev–Trinajstić information content (AvgIpc) is 3.03. The fourth-order valence-corrected chi connectivity index (χ4v) is 6.92. The minimum Gasteiger partial charge on any atom is -0.497 e. The van der Waals surface area contributed by atoms with E-state index in [1.807, 2.05) is 6.92 Å². The number of ether oxygens (including phenoxy) is 2. The lowest BCUT2D eigenvalue weighted by Crippen LogP contribution is -2.53. The molecule has 236 valence electrons. The maximum atomic E-state index is 14.3. The van der Waals surface area contributed by atoms with Crippen molar-refractivity contribution in [3.63, 3.8) is 0 Å².